The number of rotatable bonds is 4. The second-order valence-corrected chi connectivity index (χ2v) is 5.07. The molecule has 0 radical (unpaired) electrons. The molecule has 1 fully saturated rings. The summed E-state index contributed by atoms with van der Waals surface area (Å²) < 4.78 is 4.74. The molecule has 3 N–H and O–H groups in total. The molecule has 0 saturated heterocycles. The van der Waals surface area contributed by atoms with Crippen molar-refractivity contribution in [2.75, 3.05) is 6.54 Å². The Morgan fingerprint density at radius 2 is 2.11 bits per heavy atom. The average molecular weight is 251 g/mol. The van der Waals surface area contributed by atoms with Crippen LogP contribution in [0.4, 0.5) is 0 Å². The summed E-state index contributed by atoms with van der Waals surface area (Å²) in [5.74, 6) is 0.0647. The summed E-state index contributed by atoms with van der Waals surface area (Å²) in [7, 11) is 0. The first-order chi connectivity index (χ1) is 8.77. The number of aromatic nitrogens is 1. The van der Waals surface area contributed by atoms with Gasteiger partial charge >= 0.3 is 0 Å². The lowest BCUT2D eigenvalue weighted by Gasteiger charge is -2.29. The van der Waals surface area contributed by atoms with Gasteiger partial charge in [0.25, 0.3) is 0 Å². The molecule has 0 atom stereocenters. The minimum absolute atomic E-state index is 0.0647. The van der Waals surface area contributed by atoms with E-state index in [1.165, 1.54) is 19.1 Å². The van der Waals surface area contributed by atoms with Crippen LogP contribution in [-0.4, -0.2) is 17.6 Å². The standard InChI is InChI=1S/C13H21N3O2/c14-10-13(6-3-1-2-4-7-13)12(17)15-9-11-5-8-18-16-11/h5,8H,1-4,6-7,9-10,14H2,(H,15,17). The monoisotopic (exact) mass is 251 g/mol. The first-order valence-electron chi connectivity index (χ1n) is 6.64. The number of nitrogens with zero attached hydrogens (tertiary/aromatic N) is 1. The number of carbonyl (C=O) groups excluding carboxylic acids is 1. The van der Waals surface area contributed by atoms with E-state index in [2.05, 4.69) is 10.5 Å². The van der Waals surface area contributed by atoms with Gasteiger partial charge in [-0.3, -0.25) is 4.79 Å². The van der Waals surface area contributed by atoms with Crippen LogP contribution in [0.25, 0.3) is 0 Å². The highest BCUT2D eigenvalue weighted by Crippen LogP contribution is 2.34. The van der Waals surface area contributed by atoms with Gasteiger partial charge in [-0.2, -0.15) is 0 Å². The molecule has 1 aromatic heterocycles. The Kier molecular flexibility index (Phi) is 4.36. The second-order valence-electron chi connectivity index (χ2n) is 5.07. The summed E-state index contributed by atoms with van der Waals surface area (Å²) in [6.45, 7) is 0.842. The molecule has 1 aliphatic rings. The van der Waals surface area contributed by atoms with Crippen molar-refractivity contribution in [3.05, 3.63) is 18.0 Å². The summed E-state index contributed by atoms with van der Waals surface area (Å²) >= 11 is 0. The summed E-state index contributed by atoms with van der Waals surface area (Å²) in [4.78, 5) is 12.3. The van der Waals surface area contributed by atoms with Gasteiger partial charge in [0, 0.05) is 12.6 Å². The predicted molar refractivity (Wildman–Crippen MR) is 67.5 cm³/mol. The van der Waals surface area contributed by atoms with E-state index >= 15 is 0 Å². The quantitative estimate of drug-likeness (QED) is 0.796. The fourth-order valence-electron chi connectivity index (χ4n) is 2.62. The number of hydrogen-bond donors (Lipinski definition) is 2. The molecule has 1 heterocycles. The molecule has 1 amide bonds. The molecule has 0 spiro atoms. The molecule has 2 rings (SSSR count). The van der Waals surface area contributed by atoms with Gasteiger partial charge in [0.1, 0.15) is 12.0 Å². The molecule has 0 aliphatic heterocycles. The molecule has 5 heteroatoms. The van der Waals surface area contributed by atoms with E-state index in [4.69, 9.17) is 10.3 Å². The van der Waals surface area contributed by atoms with E-state index < -0.39 is 0 Å². The highest BCUT2D eigenvalue weighted by molar-refractivity contribution is 5.82. The van der Waals surface area contributed by atoms with Crippen LogP contribution in [0, 0.1) is 5.41 Å². The lowest BCUT2D eigenvalue weighted by molar-refractivity contribution is -0.131. The molecule has 18 heavy (non-hydrogen) atoms. The van der Waals surface area contributed by atoms with Gasteiger partial charge in [0.2, 0.25) is 5.91 Å². The van der Waals surface area contributed by atoms with Crippen LogP contribution in [0.1, 0.15) is 44.2 Å². The smallest absolute Gasteiger partial charge is 0.227 e. The number of amides is 1. The van der Waals surface area contributed by atoms with Gasteiger partial charge in [-0.25, -0.2) is 0 Å². The third-order valence-electron chi connectivity index (χ3n) is 3.85. The summed E-state index contributed by atoms with van der Waals surface area (Å²) in [6, 6.07) is 1.75. The van der Waals surface area contributed by atoms with Crippen molar-refractivity contribution in [2.24, 2.45) is 11.1 Å². The predicted octanol–water partition coefficient (Wildman–Crippen LogP) is 1.59. The van der Waals surface area contributed by atoms with E-state index in [0.717, 1.165) is 31.4 Å². The number of hydrogen-bond acceptors (Lipinski definition) is 4. The minimum atomic E-state index is -0.375. The molecule has 1 aliphatic carbocycles. The second kappa shape index (κ2) is 6.00. The average Bonchev–Trinajstić information content (AvgIpc) is 2.79. The van der Waals surface area contributed by atoms with Gasteiger partial charge < -0.3 is 15.6 Å². The van der Waals surface area contributed by atoms with Crippen molar-refractivity contribution in [3.8, 4) is 0 Å². The zero-order chi connectivity index (χ0) is 12.8. The summed E-state index contributed by atoms with van der Waals surface area (Å²) in [6.07, 6.45) is 7.90. The maximum absolute atomic E-state index is 12.3. The van der Waals surface area contributed by atoms with Crippen LogP contribution < -0.4 is 11.1 Å². The van der Waals surface area contributed by atoms with Crippen LogP contribution >= 0.6 is 0 Å². The zero-order valence-corrected chi connectivity index (χ0v) is 10.7. The Bertz CT molecular complexity index is 368. The Balaban J connectivity index is 1.95. The van der Waals surface area contributed by atoms with Crippen molar-refractivity contribution < 1.29 is 9.32 Å². The van der Waals surface area contributed by atoms with Gasteiger partial charge in [0.05, 0.1) is 12.0 Å². The third kappa shape index (κ3) is 2.90. The van der Waals surface area contributed by atoms with Crippen molar-refractivity contribution in [1.29, 1.82) is 0 Å². The Morgan fingerprint density at radius 3 is 2.67 bits per heavy atom. The van der Waals surface area contributed by atoms with Gasteiger partial charge in [-0.05, 0) is 12.8 Å². The number of carbonyl (C=O) groups is 1. The highest BCUT2D eigenvalue weighted by atomic mass is 16.5. The maximum Gasteiger partial charge on any atom is 0.227 e. The summed E-state index contributed by atoms with van der Waals surface area (Å²) in [5, 5.41) is 6.71. The molecule has 0 aromatic carbocycles. The van der Waals surface area contributed by atoms with E-state index in [-0.39, 0.29) is 11.3 Å². The van der Waals surface area contributed by atoms with Gasteiger partial charge in [0.15, 0.2) is 0 Å². The normalized spacial score (nSPS) is 19.2. The lowest BCUT2D eigenvalue weighted by atomic mass is 9.79. The van der Waals surface area contributed by atoms with Crippen molar-refractivity contribution in [2.45, 2.75) is 45.1 Å². The SMILES string of the molecule is NCC1(C(=O)NCc2ccon2)CCCCCC1. The fourth-order valence-corrected chi connectivity index (χ4v) is 2.62. The van der Waals surface area contributed by atoms with Crippen molar-refractivity contribution in [3.63, 3.8) is 0 Å². The van der Waals surface area contributed by atoms with Crippen LogP contribution in [-0.2, 0) is 11.3 Å². The van der Waals surface area contributed by atoms with Crippen LogP contribution in [0.3, 0.4) is 0 Å². The van der Waals surface area contributed by atoms with Crippen LogP contribution in [0.5, 0.6) is 0 Å². The Labute approximate surface area is 107 Å². The maximum atomic E-state index is 12.3. The highest BCUT2D eigenvalue weighted by Gasteiger charge is 2.36. The van der Waals surface area contributed by atoms with Crippen LogP contribution in [0.15, 0.2) is 16.9 Å². The Morgan fingerprint density at radius 1 is 1.39 bits per heavy atom. The number of nitrogens with two attached hydrogens (primary N) is 1. The topological polar surface area (TPSA) is 81.2 Å². The zero-order valence-electron chi connectivity index (χ0n) is 10.7. The summed E-state index contributed by atoms with van der Waals surface area (Å²) in [5.41, 5.74) is 6.23. The van der Waals surface area contributed by atoms with E-state index in [0.29, 0.717) is 13.1 Å². The molecule has 5 nitrogen and oxygen atoms in total. The van der Waals surface area contributed by atoms with E-state index in [1.807, 2.05) is 0 Å². The van der Waals surface area contributed by atoms with Crippen LogP contribution in [0.2, 0.25) is 0 Å². The van der Waals surface area contributed by atoms with E-state index in [9.17, 15) is 4.79 Å². The van der Waals surface area contributed by atoms with Crippen molar-refractivity contribution >= 4 is 5.91 Å². The number of nitrogens with one attached hydrogen (secondary N) is 1. The molecular formula is C13H21N3O2. The lowest BCUT2D eigenvalue weighted by Crippen LogP contribution is -2.45. The van der Waals surface area contributed by atoms with Gasteiger partial charge in [-0.1, -0.05) is 30.8 Å². The van der Waals surface area contributed by atoms with Gasteiger partial charge in [-0.15, -0.1) is 0 Å². The molecule has 1 aromatic rings. The van der Waals surface area contributed by atoms with E-state index in [1.54, 1.807) is 6.07 Å². The Hall–Kier alpha value is -1.36. The molecule has 0 unspecified atom stereocenters. The molecule has 0 bridgehead atoms. The molecule has 100 valence electrons. The molecule has 1 saturated carbocycles. The third-order valence-corrected chi connectivity index (χ3v) is 3.85. The van der Waals surface area contributed by atoms with Crippen molar-refractivity contribution in [1.82, 2.24) is 10.5 Å². The first-order valence-corrected chi connectivity index (χ1v) is 6.64. The fraction of sp³-hybridized carbons (Fsp3) is 0.692. The largest absolute Gasteiger partial charge is 0.364 e. The molecular weight excluding hydrogens is 230 g/mol. The minimum Gasteiger partial charge on any atom is -0.364 e. The first kappa shape index (κ1) is 13.1.